The minimum atomic E-state index is 0.787. The molecule has 1 saturated heterocycles. The molecule has 1 rings (SSSR count). The van der Waals surface area contributed by atoms with Crippen molar-refractivity contribution >= 4 is 11.8 Å². The summed E-state index contributed by atoms with van der Waals surface area (Å²) in [5.74, 6) is 2.66. The van der Waals surface area contributed by atoms with Gasteiger partial charge in [-0.2, -0.15) is 11.8 Å². The largest absolute Gasteiger partial charge is 0.308 e. The lowest BCUT2D eigenvalue weighted by Gasteiger charge is -2.27. The van der Waals surface area contributed by atoms with Gasteiger partial charge in [-0.25, -0.2) is 0 Å². The number of thioether (sulfide) groups is 1. The van der Waals surface area contributed by atoms with Crippen molar-refractivity contribution in [2.75, 3.05) is 45.2 Å². The molecular weight excluding hydrogens is 180 g/mol. The minimum Gasteiger partial charge on any atom is -0.308 e. The molecular formula is C10H22N2S. The second-order valence-electron chi connectivity index (χ2n) is 4.09. The summed E-state index contributed by atoms with van der Waals surface area (Å²) in [6.07, 6.45) is 1.36. The van der Waals surface area contributed by atoms with Crippen molar-refractivity contribution in [3.63, 3.8) is 0 Å². The monoisotopic (exact) mass is 202 g/mol. The summed E-state index contributed by atoms with van der Waals surface area (Å²) in [5, 5.41) is 0. The Kier molecular flexibility index (Phi) is 5.14. The Morgan fingerprint density at radius 2 is 2.15 bits per heavy atom. The maximum absolute atomic E-state index is 2.62. The van der Waals surface area contributed by atoms with E-state index < -0.39 is 0 Å². The fourth-order valence-electron chi connectivity index (χ4n) is 1.60. The average molecular weight is 202 g/mol. The highest BCUT2D eigenvalue weighted by Gasteiger charge is 2.16. The molecule has 0 bridgehead atoms. The van der Waals surface area contributed by atoms with Crippen LogP contribution in [0.2, 0.25) is 0 Å². The third-order valence-corrected chi connectivity index (χ3v) is 3.66. The van der Waals surface area contributed by atoms with Crippen LogP contribution in [0.1, 0.15) is 13.3 Å². The molecule has 0 aromatic carbocycles. The van der Waals surface area contributed by atoms with E-state index in [1.807, 2.05) is 0 Å². The van der Waals surface area contributed by atoms with Crippen molar-refractivity contribution in [2.24, 2.45) is 0 Å². The number of likely N-dealkylation sites (N-methyl/N-ethyl adjacent to an activating group) is 1. The summed E-state index contributed by atoms with van der Waals surface area (Å²) < 4.78 is 0. The Labute approximate surface area is 86.7 Å². The van der Waals surface area contributed by atoms with E-state index in [9.17, 15) is 0 Å². The molecule has 1 fully saturated rings. The zero-order valence-corrected chi connectivity index (χ0v) is 9.94. The second-order valence-corrected chi connectivity index (χ2v) is 5.31. The fourth-order valence-corrected chi connectivity index (χ4v) is 2.68. The number of nitrogens with zero attached hydrogens (tertiary/aromatic N) is 2. The molecule has 78 valence electrons. The van der Waals surface area contributed by atoms with Crippen LogP contribution in [0.3, 0.4) is 0 Å². The normalized spacial score (nSPS) is 26.3. The lowest BCUT2D eigenvalue weighted by molar-refractivity contribution is 0.199. The Balaban J connectivity index is 2.27. The van der Waals surface area contributed by atoms with Crippen LogP contribution in [0.25, 0.3) is 0 Å². The highest BCUT2D eigenvalue weighted by molar-refractivity contribution is 7.99. The van der Waals surface area contributed by atoms with Gasteiger partial charge in [0, 0.05) is 31.4 Å². The summed E-state index contributed by atoms with van der Waals surface area (Å²) in [5.41, 5.74) is 0. The summed E-state index contributed by atoms with van der Waals surface area (Å²) in [6, 6.07) is 0.787. The van der Waals surface area contributed by atoms with Crippen LogP contribution in [0, 0.1) is 0 Å². The maximum atomic E-state index is 2.62. The van der Waals surface area contributed by atoms with Crippen molar-refractivity contribution in [1.82, 2.24) is 9.80 Å². The van der Waals surface area contributed by atoms with Gasteiger partial charge in [0.1, 0.15) is 0 Å². The second kappa shape index (κ2) is 5.89. The van der Waals surface area contributed by atoms with Crippen LogP contribution in [0.5, 0.6) is 0 Å². The van der Waals surface area contributed by atoms with Crippen LogP contribution < -0.4 is 0 Å². The standard InChI is InChI=1S/C10H22N2S/c1-10-4-8-13-9-7-12(10)6-5-11(2)3/h10H,4-9H2,1-3H3. The molecule has 0 aromatic heterocycles. The SMILES string of the molecule is CC1CCSCCN1CCN(C)C. The number of hydrogen-bond acceptors (Lipinski definition) is 3. The summed E-state index contributed by atoms with van der Waals surface area (Å²) >= 11 is 2.10. The van der Waals surface area contributed by atoms with Gasteiger partial charge in [0.15, 0.2) is 0 Å². The van der Waals surface area contributed by atoms with Gasteiger partial charge < -0.3 is 4.90 Å². The molecule has 1 unspecified atom stereocenters. The Bertz CT molecular complexity index is 139. The molecule has 0 aromatic rings. The Morgan fingerprint density at radius 1 is 1.38 bits per heavy atom. The third kappa shape index (κ3) is 4.34. The topological polar surface area (TPSA) is 6.48 Å². The van der Waals surface area contributed by atoms with E-state index in [2.05, 4.69) is 42.6 Å². The summed E-state index contributed by atoms with van der Waals surface area (Å²) in [7, 11) is 4.30. The predicted octanol–water partition coefficient (Wildman–Crippen LogP) is 1.38. The molecule has 3 heteroatoms. The van der Waals surface area contributed by atoms with Gasteiger partial charge >= 0.3 is 0 Å². The van der Waals surface area contributed by atoms with Crippen LogP contribution >= 0.6 is 11.8 Å². The number of hydrogen-bond donors (Lipinski definition) is 0. The fraction of sp³-hybridized carbons (Fsp3) is 1.00. The maximum Gasteiger partial charge on any atom is 0.0112 e. The highest BCUT2D eigenvalue weighted by atomic mass is 32.2. The quantitative estimate of drug-likeness (QED) is 0.682. The zero-order chi connectivity index (χ0) is 9.68. The Morgan fingerprint density at radius 3 is 2.85 bits per heavy atom. The lowest BCUT2D eigenvalue weighted by atomic mass is 10.2. The van der Waals surface area contributed by atoms with Gasteiger partial charge in [-0.1, -0.05) is 0 Å². The number of rotatable bonds is 3. The van der Waals surface area contributed by atoms with Gasteiger partial charge in [-0.3, -0.25) is 4.90 Å². The van der Waals surface area contributed by atoms with Crippen LogP contribution in [0.4, 0.5) is 0 Å². The molecule has 0 amide bonds. The lowest BCUT2D eigenvalue weighted by Crippen LogP contribution is -2.38. The van der Waals surface area contributed by atoms with Crippen molar-refractivity contribution in [1.29, 1.82) is 0 Å². The van der Waals surface area contributed by atoms with E-state index in [1.165, 1.54) is 37.6 Å². The first-order valence-electron chi connectivity index (χ1n) is 5.16. The summed E-state index contributed by atoms with van der Waals surface area (Å²) in [6.45, 7) is 6.06. The first-order valence-corrected chi connectivity index (χ1v) is 6.32. The van der Waals surface area contributed by atoms with E-state index in [0.29, 0.717) is 0 Å². The van der Waals surface area contributed by atoms with Crippen molar-refractivity contribution in [3.05, 3.63) is 0 Å². The van der Waals surface area contributed by atoms with E-state index in [-0.39, 0.29) is 0 Å². The van der Waals surface area contributed by atoms with Gasteiger partial charge in [0.2, 0.25) is 0 Å². The van der Waals surface area contributed by atoms with Crippen molar-refractivity contribution < 1.29 is 0 Å². The highest BCUT2D eigenvalue weighted by Crippen LogP contribution is 2.15. The minimum absolute atomic E-state index is 0.787. The molecule has 0 N–H and O–H groups in total. The van der Waals surface area contributed by atoms with Gasteiger partial charge in [-0.15, -0.1) is 0 Å². The molecule has 0 spiro atoms. The molecule has 0 saturated carbocycles. The van der Waals surface area contributed by atoms with Crippen LogP contribution in [0.15, 0.2) is 0 Å². The van der Waals surface area contributed by atoms with E-state index in [4.69, 9.17) is 0 Å². The van der Waals surface area contributed by atoms with E-state index >= 15 is 0 Å². The van der Waals surface area contributed by atoms with E-state index in [0.717, 1.165) is 6.04 Å². The van der Waals surface area contributed by atoms with E-state index in [1.54, 1.807) is 0 Å². The molecule has 0 radical (unpaired) electrons. The smallest absolute Gasteiger partial charge is 0.0112 e. The summed E-state index contributed by atoms with van der Waals surface area (Å²) in [4.78, 5) is 4.89. The van der Waals surface area contributed by atoms with Gasteiger partial charge in [-0.05, 0) is 33.2 Å². The van der Waals surface area contributed by atoms with Gasteiger partial charge in [0.25, 0.3) is 0 Å². The first kappa shape index (κ1) is 11.3. The molecule has 1 aliphatic heterocycles. The Hall–Kier alpha value is 0.270. The molecule has 1 heterocycles. The van der Waals surface area contributed by atoms with Crippen molar-refractivity contribution in [2.45, 2.75) is 19.4 Å². The van der Waals surface area contributed by atoms with Crippen LogP contribution in [-0.4, -0.2) is 61.1 Å². The molecule has 2 nitrogen and oxygen atoms in total. The van der Waals surface area contributed by atoms with Gasteiger partial charge in [0.05, 0.1) is 0 Å². The zero-order valence-electron chi connectivity index (χ0n) is 9.12. The predicted molar refractivity (Wildman–Crippen MR) is 61.5 cm³/mol. The molecule has 1 atom stereocenters. The molecule has 0 aliphatic carbocycles. The average Bonchev–Trinajstić information content (AvgIpc) is 2.27. The molecule has 13 heavy (non-hydrogen) atoms. The third-order valence-electron chi connectivity index (χ3n) is 2.66. The van der Waals surface area contributed by atoms with Crippen molar-refractivity contribution in [3.8, 4) is 0 Å². The first-order chi connectivity index (χ1) is 6.20. The van der Waals surface area contributed by atoms with Crippen LogP contribution in [-0.2, 0) is 0 Å². The molecule has 1 aliphatic rings.